The molecule has 0 aromatic rings. The van der Waals surface area contributed by atoms with Gasteiger partial charge in [0.15, 0.2) is 0 Å². The number of rotatable bonds is 5. The van der Waals surface area contributed by atoms with Crippen molar-refractivity contribution < 1.29 is 9.59 Å². The molecule has 26 heavy (non-hydrogen) atoms. The summed E-state index contributed by atoms with van der Waals surface area (Å²) in [4.78, 5) is 29.0. The van der Waals surface area contributed by atoms with E-state index in [4.69, 9.17) is 5.26 Å². The fraction of sp³-hybridized carbons (Fsp3) is 0.850. The molecule has 0 spiro atoms. The van der Waals surface area contributed by atoms with E-state index >= 15 is 0 Å². The van der Waals surface area contributed by atoms with Crippen LogP contribution in [0.5, 0.6) is 0 Å². The van der Waals surface area contributed by atoms with Crippen LogP contribution in [-0.4, -0.2) is 60.4 Å². The Labute approximate surface area is 156 Å². The molecule has 0 aromatic carbocycles. The lowest BCUT2D eigenvalue weighted by atomic mass is 9.85. The smallest absolute Gasteiger partial charge is 0.225 e. The molecule has 3 aliphatic rings. The number of nitrogens with zero attached hydrogens (tertiary/aromatic N) is 3. The maximum absolute atomic E-state index is 12.7. The van der Waals surface area contributed by atoms with Gasteiger partial charge in [-0.2, -0.15) is 5.26 Å². The Bertz CT molecular complexity index is 522. The largest absolute Gasteiger partial charge is 0.353 e. The number of hydrogen-bond acceptors (Lipinski definition) is 4. The average Bonchev–Trinajstić information content (AvgIpc) is 3.15. The maximum Gasteiger partial charge on any atom is 0.225 e. The van der Waals surface area contributed by atoms with Gasteiger partial charge >= 0.3 is 0 Å². The highest BCUT2D eigenvalue weighted by molar-refractivity contribution is 5.79. The van der Waals surface area contributed by atoms with Crippen molar-refractivity contribution in [2.24, 2.45) is 11.8 Å². The third-order valence-electron chi connectivity index (χ3n) is 6.37. The number of nitriles is 1. The number of amides is 2. The van der Waals surface area contributed by atoms with Crippen molar-refractivity contribution in [3.05, 3.63) is 0 Å². The van der Waals surface area contributed by atoms with E-state index in [-0.39, 0.29) is 23.8 Å². The van der Waals surface area contributed by atoms with Gasteiger partial charge in [0.05, 0.1) is 12.6 Å². The van der Waals surface area contributed by atoms with Gasteiger partial charge in [0.25, 0.3) is 0 Å². The average molecular weight is 361 g/mol. The monoisotopic (exact) mass is 360 g/mol. The molecule has 3 fully saturated rings. The highest BCUT2D eigenvalue weighted by Crippen LogP contribution is 2.29. The minimum atomic E-state index is 0.112. The normalized spacial score (nSPS) is 27.9. The van der Waals surface area contributed by atoms with E-state index in [0.717, 1.165) is 51.9 Å². The minimum absolute atomic E-state index is 0.112. The van der Waals surface area contributed by atoms with E-state index in [1.54, 1.807) is 0 Å². The first-order chi connectivity index (χ1) is 12.7. The summed E-state index contributed by atoms with van der Waals surface area (Å²) in [6.07, 6.45) is 9.24. The summed E-state index contributed by atoms with van der Waals surface area (Å²) < 4.78 is 0. The molecular formula is C20H32N4O2. The van der Waals surface area contributed by atoms with Crippen molar-refractivity contribution in [1.82, 2.24) is 15.1 Å². The molecule has 6 heteroatoms. The van der Waals surface area contributed by atoms with E-state index in [1.165, 1.54) is 25.7 Å². The summed E-state index contributed by atoms with van der Waals surface area (Å²) in [5.41, 5.74) is 0. The summed E-state index contributed by atoms with van der Waals surface area (Å²) in [6, 6.07) is 2.43. The summed E-state index contributed by atoms with van der Waals surface area (Å²) in [7, 11) is 0. The summed E-state index contributed by atoms with van der Waals surface area (Å²) in [5.74, 6) is 1.19. The van der Waals surface area contributed by atoms with Crippen LogP contribution in [0, 0.1) is 23.2 Å². The van der Waals surface area contributed by atoms with E-state index in [9.17, 15) is 9.59 Å². The summed E-state index contributed by atoms with van der Waals surface area (Å²) in [6.45, 7) is 3.52. The third kappa shape index (κ3) is 5.20. The molecular weight excluding hydrogens is 328 g/mol. The van der Waals surface area contributed by atoms with Crippen molar-refractivity contribution in [2.75, 3.05) is 32.7 Å². The van der Waals surface area contributed by atoms with Crippen LogP contribution in [0.15, 0.2) is 0 Å². The predicted octanol–water partition coefficient (Wildman–Crippen LogP) is 1.91. The molecule has 144 valence electrons. The van der Waals surface area contributed by atoms with Gasteiger partial charge in [-0.25, -0.2) is 0 Å². The van der Waals surface area contributed by atoms with Gasteiger partial charge in [0.2, 0.25) is 11.8 Å². The number of carbonyl (C=O) groups is 2. The first-order valence-corrected chi connectivity index (χ1v) is 10.3. The Balaban J connectivity index is 1.36. The fourth-order valence-electron chi connectivity index (χ4n) is 4.73. The highest BCUT2D eigenvalue weighted by Gasteiger charge is 2.31. The Morgan fingerprint density at radius 3 is 2.23 bits per heavy atom. The molecule has 2 amide bonds. The van der Waals surface area contributed by atoms with Crippen LogP contribution in [0.2, 0.25) is 0 Å². The van der Waals surface area contributed by atoms with Crippen LogP contribution in [0.4, 0.5) is 0 Å². The summed E-state index contributed by atoms with van der Waals surface area (Å²) >= 11 is 0. The molecule has 1 aliphatic heterocycles. The molecule has 6 nitrogen and oxygen atoms in total. The van der Waals surface area contributed by atoms with Gasteiger partial charge in [-0.05, 0) is 44.4 Å². The highest BCUT2D eigenvalue weighted by atomic mass is 16.2. The van der Waals surface area contributed by atoms with Gasteiger partial charge in [-0.15, -0.1) is 0 Å². The molecule has 0 aromatic heterocycles. The van der Waals surface area contributed by atoms with Crippen LogP contribution < -0.4 is 5.32 Å². The van der Waals surface area contributed by atoms with Crippen molar-refractivity contribution in [2.45, 2.75) is 63.8 Å². The standard InChI is InChI=1S/C20H32N4O2/c21-9-10-23-11-13-24(14-12-23)20(26)17-5-7-18(8-6-17)22-19(25)15-16-3-1-2-4-16/h16-18H,1-8,10-15H2,(H,22,25). The van der Waals surface area contributed by atoms with Gasteiger partial charge in [0.1, 0.15) is 0 Å². The third-order valence-corrected chi connectivity index (χ3v) is 6.37. The number of piperazine rings is 1. The lowest BCUT2D eigenvalue weighted by Crippen LogP contribution is -2.51. The number of carbonyl (C=O) groups excluding carboxylic acids is 2. The molecule has 0 bridgehead atoms. The molecule has 2 saturated carbocycles. The van der Waals surface area contributed by atoms with Crippen LogP contribution in [0.25, 0.3) is 0 Å². The minimum Gasteiger partial charge on any atom is -0.353 e. The molecule has 2 aliphatic carbocycles. The van der Waals surface area contributed by atoms with E-state index < -0.39 is 0 Å². The molecule has 1 N–H and O–H groups in total. The lowest BCUT2D eigenvalue weighted by Gasteiger charge is -2.37. The SMILES string of the molecule is N#CCN1CCN(C(=O)C2CCC(NC(=O)CC3CCCC3)CC2)CC1. The van der Waals surface area contributed by atoms with E-state index in [1.807, 2.05) is 4.90 Å². The van der Waals surface area contributed by atoms with Crippen molar-refractivity contribution in [1.29, 1.82) is 5.26 Å². The second-order valence-corrected chi connectivity index (χ2v) is 8.23. The molecule has 0 radical (unpaired) electrons. The Hall–Kier alpha value is -1.61. The second kappa shape index (κ2) is 9.36. The molecule has 0 atom stereocenters. The first-order valence-electron chi connectivity index (χ1n) is 10.3. The molecule has 1 heterocycles. The zero-order chi connectivity index (χ0) is 18.4. The topological polar surface area (TPSA) is 76.4 Å². The second-order valence-electron chi connectivity index (χ2n) is 8.23. The maximum atomic E-state index is 12.7. The van der Waals surface area contributed by atoms with Gasteiger partial charge in [-0.1, -0.05) is 12.8 Å². The first kappa shape index (κ1) is 19.2. The number of nitrogens with one attached hydrogen (secondary N) is 1. The lowest BCUT2D eigenvalue weighted by molar-refractivity contribution is -0.138. The van der Waals surface area contributed by atoms with Crippen LogP contribution in [0.1, 0.15) is 57.8 Å². The van der Waals surface area contributed by atoms with Crippen molar-refractivity contribution >= 4 is 11.8 Å². The fourth-order valence-corrected chi connectivity index (χ4v) is 4.73. The molecule has 0 unspecified atom stereocenters. The van der Waals surface area contributed by atoms with E-state index in [0.29, 0.717) is 18.9 Å². The van der Waals surface area contributed by atoms with Gasteiger partial charge < -0.3 is 10.2 Å². The Kier molecular flexibility index (Phi) is 6.90. The summed E-state index contributed by atoms with van der Waals surface area (Å²) in [5, 5.41) is 12.0. The Morgan fingerprint density at radius 2 is 1.62 bits per heavy atom. The number of hydrogen-bond donors (Lipinski definition) is 1. The van der Waals surface area contributed by atoms with Crippen molar-refractivity contribution in [3.8, 4) is 6.07 Å². The molecule has 1 saturated heterocycles. The predicted molar refractivity (Wildman–Crippen MR) is 99.1 cm³/mol. The zero-order valence-corrected chi connectivity index (χ0v) is 15.8. The van der Waals surface area contributed by atoms with Crippen LogP contribution >= 0.6 is 0 Å². The van der Waals surface area contributed by atoms with Gasteiger partial charge in [0, 0.05) is 44.6 Å². The van der Waals surface area contributed by atoms with Crippen LogP contribution in [-0.2, 0) is 9.59 Å². The van der Waals surface area contributed by atoms with Crippen molar-refractivity contribution in [3.63, 3.8) is 0 Å². The van der Waals surface area contributed by atoms with E-state index in [2.05, 4.69) is 16.3 Å². The zero-order valence-electron chi connectivity index (χ0n) is 15.8. The quantitative estimate of drug-likeness (QED) is 0.760. The Morgan fingerprint density at radius 1 is 0.962 bits per heavy atom. The van der Waals surface area contributed by atoms with Gasteiger partial charge in [-0.3, -0.25) is 14.5 Å². The van der Waals surface area contributed by atoms with Crippen LogP contribution in [0.3, 0.4) is 0 Å². The molecule has 3 rings (SSSR count).